The molecule has 0 radical (unpaired) electrons. The van der Waals surface area contributed by atoms with Crippen molar-refractivity contribution in [3.05, 3.63) is 58.6 Å². The van der Waals surface area contributed by atoms with Crippen molar-refractivity contribution in [1.82, 2.24) is 4.90 Å². The van der Waals surface area contributed by atoms with E-state index in [1.54, 1.807) is 48.1 Å². The lowest BCUT2D eigenvalue weighted by Gasteiger charge is -2.39. The van der Waals surface area contributed by atoms with Crippen LogP contribution in [0.3, 0.4) is 0 Å². The molecular formula is C19H19BrN2O3. The van der Waals surface area contributed by atoms with Gasteiger partial charge in [-0.15, -0.1) is 0 Å². The third-order valence-electron chi connectivity index (χ3n) is 4.37. The minimum absolute atomic E-state index is 0.0789. The highest BCUT2D eigenvalue weighted by atomic mass is 79.9. The molecule has 6 heteroatoms. The molecular weight excluding hydrogens is 384 g/mol. The number of rotatable bonds is 3. The molecule has 25 heavy (non-hydrogen) atoms. The van der Waals surface area contributed by atoms with Crippen LogP contribution in [0, 0.1) is 0 Å². The van der Waals surface area contributed by atoms with E-state index in [4.69, 9.17) is 4.74 Å². The highest BCUT2D eigenvalue weighted by molar-refractivity contribution is 9.10. The molecule has 5 nitrogen and oxygen atoms in total. The van der Waals surface area contributed by atoms with Gasteiger partial charge >= 0.3 is 0 Å². The zero-order valence-electron chi connectivity index (χ0n) is 14.1. The van der Waals surface area contributed by atoms with E-state index in [9.17, 15) is 9.59 Å². The summed E-state index contributed by atoms with van der Waals surface area (Å²) in [5, 5.41) is 0. The van der Waals surface area contributed by atoms with Gasteiger partial charge in [0.2, 0.25) is 5.91 Å². The van der Waals surface area contributed by atoms with Crippen LogP contribution in [0.5, 0.6) is 5.75 Å². The number of carbonyl (C=O) groups excluding carboxylic acids is 2. The first-order valence-electron chi connectivity index (χ1n) is 8.03. The maximum atomic E-state index is 12.8. The van der Waals surface area contributed by atoms with Crippen LogP contribution in [-0.2, 0) is 4.79 Å². The van der Waals surface area contributed by atoms with Crippen molar-refractivity contribution in [2.24, 2.45) is 0 Å². The number of methoxy groups -OCH3 is 1. The second-order valence-electron chi connectivity index (χ2n) is 5.87. The van der Waals surface area contributed by atoms with E-state index in [0.717, 1.165) is 10.2 Å². The Morgan fingerprint density at radius 3 is 2.56 bits per heavy atom. The molecule has 0 unspecified atom stereocenters. The number of benzene rings is 2. The molecule has 2 amide bonds. The SMILES string of the molecule is COc1cccc(C(=O)N2CCN(c3ccc(Br)cc3)C(=O)[C@H]2C)c1. The van der Waals surface area contributed by atoms with Gasteiger partial charge in [0.1, 0.15) is 11.8 Å². The predicted molar refractivity (Wildman–Crippen MR) is 100.0 cm³/mol. The molecule has 2 aromatic carbocycles. The van der Waals surface area contributed by atoms with Crippen molar-refractivity contribution >= 4 is 33.4 Å². The number of carbonyl (C=O) groups is 2. The first-order valence-corrected chi connectivity index (χ1v) is 8.82. The lowest BCUT2D eigenvalue weighted by Crippen LogP contribution is -2.57. The van der Waals surface area contributed by atoms with Gasteiger partial charge in [0, 0.05) is 28.8 Å². The minimum atomic E-state index is -0.518. The fourth-order valence-electron chi connectivity index (χ4n) is 2.95. The summed E-state index contributed by atoms with van der Waals surface area (Å²) in [5.41, 5.74) is 1.37. The van der Waals surface area contributed by atoms with Gasteiger partial charge in [-0.2, -0.15) is 0 Å². The van der Waals surface area contributed by atoms with E-state index < -0.39 is 6.04 Å². The lowest BCUT2D eigenvalue weighted by molar-refractivity contribution is -0.124. The third-order valence-corrected chi connectivity index (χ3v) is 4.90. The van der Waals surface area contributed by atoms with Crippen molar-refractivity contribution < 1.29 is 14.3 Å². The first-order chi connectivity index (χ1) is 12.0. The number of ether oxygens (including phenoxy) is 1. The van der Waals surface area contributed by atoms with Crippen LogP contribution in [0.15, 0.2) is 53.0 Å². The number of hydrogen-bond acceptors (Lipinski definition) is 3. The van der Waals surface area contributed by atoms with Crippen LogP contribution in [0.25, 0.3) is 0 Å². The zero-order chi connectivity index (χ0) is 18.0. The fraction of sp³-hybridized carbons (Fsp3) is 0.263. The molecule has 3 rings (SSSR count). The summed E-state index contributed by atoms with van der Waals surface area (Å²) in [7, 11) is 1.56. The Morgan fingerprint density at radius 1 is 1.16 bits per heavy atom. The fourth-order valence-corrected chi connectivity index (χ4v) is 3.21. The van der Waals surface area contributed by atoms with Crippen LogP contribution in [0.1, 0.15) is 17.3 Å². The highest BCUT2D eigenvalue weighted by Gasteiger charge is 2.35. The van der Waals surface area contributed by atoms with Gasteiger partial charge in [-0.1, -0.05) is 22.0 Å². The van der Waals surface area contributed by atoms with Gasteiger partial charge in [-0.05, 0) is 49.4 Å². The second kappa shape index (κ2) is 7.27. The van der Waals surface area contributed by atoms with Crippen molar-refractivity contribution in [2.75, 3.05) is 25.1 Å². The number of nitrogens with zero attached hydrogens (tertiary/aromatic N) is 2. The molecule has 1 atom stereocenters. The molecule has 0 bridgehead atoms. The summed E-state index contributed by atoms with van der Waals surface area (Å²) in [6.45, 7) is 2.73. The molecule has 0 spiro atoms. The van der Waals surface area contributed by atoms with Crippen molar-refractivity contribution in [3.63, 3.8) is 0 Å². The summed E-state index contributed by atoms with van der Waals surface area (Å²) >= 11 is 3.40. The Labute approximate surface area is 155 Å². The molecule has 1 aliphatic rings. The van der Waals surface area contributed by atoms with Gasteiger partial charge in [-0.3, -0.25) is 9.59 Å². The number of hydrogen-bond donors (Lipinski definition) is 0. The quantitative estimate of drug-likeness (QED) is 0.790. The molecule has 1 heterocycles. The molecule has 130 valence electrons. The van der Waals surface area contributed by atoms with E-state index in [1.807, 2.05) is 24.3 Å². The number of amides is 2. The Bertz CT molecular complexity index is 792. The van der Waals surface area contributed by atoms with Gasteiger partial charge in [0.05, 0.1) is 7.11 Å². The van der Waals surface area contributed by atoms with Crippen molar-refractivity contribution in [3.8, 4) is 5.75 Å². The van der Waals surface area contributed by atoms with Crippen LogP contribution < -0.4 is 9.64 Å². The first kappa shape index (κ1) is 17.5. The molecule has 1 aliphatic heterocycles. The monoisotopic (exact) mass is 402 g/mol. The Hall–Kier alpha value is -2.34. The highest BCUT2D eigenvalue weighted by Crippen LogP contribution is 2.24. The molecule has 0 aromatic heterocycles. The van der Waals surface area contributed by atoms with Crippen molar-refractivity contribution in [2.45, 2.75) is 13.0 Å². The summed E-state index contributed by atoms with van der Waals surface area (Å²) in [6, 6.07) is 14.1. The summed E-state index contributed by atoms with van der Waals surface area (Å²) < 4.78 is 6.14. The summed E-state index contributed by atoms with van der Waals surface area (Å²) in [5.74, 6) is 0.387. The molecule has 0 N–H and O–H groups in total. The van der Waals surface area contributed by atoms with E-state index >= 15 is 0 Å². The maximum Gasteiger partial charge on any atom is 0.254 e. The lowest BCUT2D eigenvalue weighted by atomic mass is 10.1. The molecule has 1 fully saturated rings. The van der Waals surface area contributed by atoms with Crippen LogP contribution in [0.2, 0.25) is 0 Å². The maximum absolute atomic E-state index is 12.8. The average Bonchev–Trinajstić information content (AvgIpc) is 2.64. The zero-order valence-corrected chi connectivity index (χ0v) is 15.7. The standard InChI is InChI=1S/C19H19BrN2O3/c1-13-18(23)22(16-8-6-15(20)7-9-16)11-10-21(13)19(24)14-4-3-5-17(12-14)25-2/h3-9,12-13H,10-11H2,1-2H3/t13-/m1/s1. The normalized spacial score (nSPS) is 17.6. The number of piperazine rings is 1. The largest absolute Gasteiger partial charge is 0.497 e. The summed E-state index contributed by atoms with van der Waals surface area (Å²) in [6.07, 6.45) is 0. The Kier molecular flexibility index (Phi) is 5.08. The van der Waals surface area contributed by atoms with Crippen LogP contribution in [0.4, 0.5) is 5.69 Å². The van der Waals surface area contributed by atoms with Crippen molar-refractivity contribution in [1.29, 1.82) is 0 Å². The topological polar surface area (TPSA) is 49.9 Å². The smallest absolute Gasteiger partial charge is 0.254 e. The Balaban J connectivity index is 1.79. The molecule has 1 saturated heterocycles. The van der Waals surface area contributed by atoms with E-state index in [2.05, 4.69) is 15.9 Å². The Morgan fingerprint density at radius 2 is 1.88 bits per heavy atom. The van der Waals surface area contributed by atoms with E-state index in [0.29, 0.717) is 24.4 Å². The second-order valence-corrected chi connectivity index (χ2v) is 6.79. The molecule has 0 saturated carbocycles. The van der Waals surface area contributed by atoms with Gasteiger partial charge in [-0.25, -0.2) is 0 Å². The van der Waals surface area contributed by atoms with Crippen LogP contribution in [-0.4, -0.2) is 43.0 Å². The van der Waals surface area contributed by atoms with Gasteiger partial charge < -0.3 is 14.5 Å². The average molecular weight is 403 g/mol. The van der Waals surface area contributed by atoms with Crippen LogP contribution >= 0.6 is 15.9 Å². The summed E-state index contributed by atoms with van der Waals surface area (Å²) in [4.78, 5) is 28.9. The van der Waals surface area contributed by atoms with Gasteiger partial charge in [0.25, 0.3) is 5.91 Å². The molecule has 2 aromatic rings. The number of halogens is 1. The minimum Gasteiger partial charge on any atom is -0.497 e. The molecule has 0 aliphatic carbocycles. The third kappa shape index (κ3) is 3.54. The van der Waals surface area contributed by atoms with E-state index in [-0.39, 0.29) is 11.8 Å². The van der Waals surface area contributed by atoms with E-state index in [1.165, 1.54) is 0 Å². The predicted octanol–water partition coefficient (Wildman–Crippen LogP) is 3.34. The van der Waals surface area contributed by atoms with Gasteiger partial charge in [0.15, 0.2) is 0 Å². The number of anilines is 1.